The number of para-hydroxylation sites is 1. The van der Waals surface area contributed by atoms with Gasteiger partial charge in [0.1, 0.15) is 0 Å². The minimum Gasteiger partial charge on any atom is -0.411 e. The lowest BCUT2D eigenvalue weighted by molar-refractivity contribution is 0.317. The molecule has 1 aliphatic rings. The van der Waals surface area contributed by atoms with Gasteiger partial charge < -0.3 is 10.1 Å². The molecule has 3 heteroatoms. The van der Waals surface area contributed by atoms with Crippen LogP contribution in [-0.4, -0.2) is 17.5 Å². The van der Waals surface area contributed by atoms with Crippen LogP contribution in [0.1, 0.15) is 28.7 Å². The molecule has 3 nitrogen and oxygen atoms in total. The van der Waals surface area contributed by atoms with E-state index in [0.29, 0.717) is 0 Å². The fourth-order valence-corrected chi connectivity index (χ4v) is 2.93. The Morgan fingerprint density at radius 1 is 1.14 bits per heavy atom. The van der Waals surface area contributed by atoms with Crippen LogP contribution in [0, 0.1) is 13.8 Å². The quantitative estimate of drug-likeness (QED) is 0.669. The van der Waals surface area contributed by atoms with Crippen molar-refractivity contribution in [1.29, 1.82) is 0 Å². The molecular formula is C18H20N2O. The van der Waals surface area contributed by atoms with Crippen LogP contribution < -0.4 is 4.90 Å². The van der Waals surface area contributed by atoms with Crippen molar-refractivity contribution >= 4 is 11.4 Å². The SMILES string of the molecule is Cc1ccc(C)c(CN2CCC(=NO)c3ccccc32)c1. The van der Waals surface area contributed by atoms with E-state index in [9.17, 15) is 0 Å². The molecule has 1 N–H and O–H groups in total. The molecule has 0 spiro atoms. The van der Waals surface area contributed by atoms with Crippen molar-refractivity contribution in [3.63, 3.8) is 0 Å². The number of benzene rings is 2. The number of nitrogens with zero attached hydrogens (tertiary/aromatic N) is 2. The molecule has 1 aliphatic heterocycles. The molecule has 0 saturated heterocycles. The Morgan fingerprint density at radius 2 is 1.95 bits per heavy atom. The summed E-state index contributed by atoms with van der Waals surface area (Å²) < 4.78 is 0. The van der Waals surface area contributed by atoms with Gasteiger partial charge >= 0.3 is 0 Å². The second-order valence-electron chi connectivity index (χ2n) is 5.67. The van der Waals surface area contributed by atoms with Crippen molar-refractivity contribution in [3.8, 4) is 0 Å². The number of anilines is 1. The van der Waals surface area contributed by atoms with E-state index in [1.54, 1.807) is 0 Å². The van der Waals surface area contributed by atoms with Gasteiger partial charge in [-0.2, -0.15) is 0 Å². The highest BCUT2D eigenvalue weighted by Crippen LogP contribution is 2.29. The third-order valence-corrected chi connectivity index (χ3v) is 4.16. The third kappa shape index (κ3) is 2.64. The van der Waals surface area contributed by atoms with Crippen LogP contribution in [0.4, 0.5) is 5.69 Å². The summed E-state index contributed by atoms with van der Waals surface area (Å²) >= 11 is 0. The normalized spacial score (nSPS) is 16.1. The molecule has 0 unspecified atom stereocenters. The second kappa shape index (κ2) is 5.60. The zero-order valence-corrected chi connectivity index (χ0v) is 12.5. The standard InChI is InChI=1S/C18H20N2O/c1-13-7-8-14(2)15(11-13)12-20-10-9-17(19-21)16-5-3-4-6-18(16)20/h3-8,11,21H,9-10,12H2,1-2H3. The Balaban J connectivity index is 1.95. The molecule has 0 radical (unpaired) electrons. The van der Waals surface area contributed by atoms with E-state index in [2.05, 4.69) is 48.2 Å². The van der Waals surface area contributed by atoms with Gasteiger partial charge in [-0.25, -0.2) is 0 Å². The molecule has 0 saturated carbocycles. The van der Waals surface area contributed by atoms with Crippen molar-refractivity contribution in [2.24, 2.45) is 5.16 Å². The van der Waals surface area contributed by atoms with E-state index in [1.165, 1.54) is 16.7 Å². The molecule has 1 heterocycles. The lowest BCUT2D eigenvalue weighted by Crippen LogP contribution is -2.32. The molecule has 21 heavy (non-hydrogen) atoms. The first-order valence-electron chi connectivity index (χ1n) is 7.30. The molecule has 3 rings (SSSR count). The van der Waals surface area contributed by atoms with Crippen LogP contribution in [0.2, 0.25) is 0 Å². The summed E-state index contributed by atoms with van der Waals surface area (Å²) in [6.07, 6.45) is 0.776. The van der Waals surface area contributed by atoms with Gasteiger partial charge in [0, 0.05) is 30.8 Å². The van der Waals surface area contributed by atoms with Gasteiger partial charge in [0.25, 0.3) is 0 Å². The maximum absolute atomic E-state index is 9.16. The molecule has 2 aromatic rings. The highest BCUT2D eigenvalue weighted by molar-refractivity contribution is 6.06. The Hall–Kier alpha value is -2.29. The van der Waals surface area contributed by atoms with Crippen molar-refractivity contribution in [3.05, 3.63) is 64.7 Å². The first-order chi connectivity index (χ1) is 10.2. The van der Waals surface area contributed by atoms with Crippen LogP contribution in [0.5, 0.6) is 0 Å². The van der Waals surface area contributed by atoms with Crippen LogP contribution in [0.15, 0.2) is 47.6 Å². The van der Waals surface area contributed by atoms with Gasteiger partial charge in [0.05, 0.1) is 5.71 Å². The van der Waals surface area contributed by atoms with Gasteiger partial charge in [0.2, 0.25) is 0 Å². The Bertz CT molecular complexity index is 691. The van der Waals surface area contributed by atoms with Gasteiger partial charge in [-0.3, -0.25) is 0 Å². The highest BCUT2D eigenvalue weighted by atomic mass is 16.4. The maximum atomic E-state index is 9.16. The van der Waals surface area contributed by atoms with Gasteiger partial charge in [0.15, 0.2) is 0 Å². The van der Waals surface area contributed by atoms with Gasteiger partial charge in [-0.05, 0) is 31.0 Å². The Labute approximate surface area is 125 Å². The summed E-state index contributed by atoms with van der Waals surface area (Å²) in [6.45, 7) is 6.06. The molecule has 0 amide bonds. The number of hydrogen-bond donors (Lipinski definition) is 1. The zero-order chi connectivity index (χ0) is 14.8. The largest absolute Gasteiger partial charge is 0.411 e. The van der Waals surface area contributed by atoms with Gasteiger partial charge in [-0.1, -0.05) is 47.1 Å². The highest BCUT2D eigenvalue weighted by Gasteiger charge is 2.22. The summed E-state index contributed by atoms with van der Waals surface area (Å²) in [6, 6.07) is 14.7. The van der Waals surface area contributed by atoms with E-state index >= 15 is 0 Å². The van der Waals surface area contributed by atoms with E-state index in [0.717, 1.165) is 36.5 Å². The topological polar surface area (TPSA) is 35.8 Å². The molecule has 0 aromatic heterocycles. The summed E-state index contributed by atoms with van der Waals surface area (Å²) in [7, 11) is 0. The number of aryl methyl sites for hydroxylation is 2. The Kier molecular flexibility index (Phi) is 3.65. The maximum Gasteiger partial charge on any atom is 0.0906 e. The summed E-state index contributed by atoms with van der Waals surface area (Å²) in [5, 5.41) is 12.6. The lowest BCUT2D eigenvalue weighted by Gasteiger charge is -2.32. The first kappa shape index (κ1) is 13.7. The average Bonchev–Trinajstić information content (AvgIpc) is 2.51. The molecule has 0 atom stereocenters. The lowest BCUT2D eigenvalue weighted by atomic mass is 9.98. The first-order valence-corrected chi connectivity index (χ1v) is 7.30. The van der Waals surface area contributed by atoms with Gasteiger partial charge in [-0.15, -0.1) is 0 Å². The molecular weight excluding hydrogens is 260 g/mol. The summed E-state index contributed by atoms with van der Waals surface area (Å²) in [5.74, 6) is 0. The molecule has 0 bridgehead atoms. The van der Waals surface area contributed by atoms with Crippen molar-refractivity contribution < 1.29 is 5.21 Å². The smallest absolute Gasteiger partial charge is 0.0906 e. The number of fused-ring (bicyclic) bond motifs is 1. The molecule has 0 aliphatic carbocycles. The van der Waals surface area contributed by atoms with E-state index in [-0.39, 0.29) is 0 Å². The third-order valence-electron chi connectivity index (χ3n) is 4.16. The number of hydrogen-bond acceptors (Lipinski definition) is 3. The zero-order valence-electron chi connectivity index (χ0n) is 12.5. The summed E-state index contributed by atoms with van der Waals surface area (Å²) in [4.78, 5) is 2.37. The van der Waals surface area contributed by atoms with Crippen LogP contribution in [0.25, 0.3) is 0 Å². The predicted octanol–water partition coefficient (Wildman–Crippen LogP) is 3.89. The molecule has 108 valence electrons. The van der Waals surface area contributed by atoms with Crippen LogP contribution in [0.3, 0.4) is 0 Å². The number of oxime groups is 1. The van der Waals surface area contributed by atoms with E-state index in [4.69, 9.17) is 5.21 Å². The van der Waals surface area contributed by atoms with Crippen LogP contribution >= 0.6 is 0 Å². The van der Waals surface area contributed by atoms with Crippen molar-refractivity contribution in [2.75, 3.05) is 11.4 Å². The average molecular weight is 280 g/mol. The minimum atomic E-state index is 0.776. The predicted molar refractivity (Wildman–Crippen MR) is 86.3 cm³/mol. The molecule has 2 aromatic carbocycles. The van der Waals surface area contributed by atoms with Crippen molar-refractivity contribution in [1.82, 2.24) is 0 Å². The monoisotopic (exact) mass is 280 g/mol. The Morgan fingerprint density at radius 3 is 2.76 bits per heavy atom. The fraction of sp³-hybridized carbons (Fsp3) is 0.278. The van der Waals surface area contributed by atoms with Crippen LogP contribution in [-0.2, 0) is 6.54 Å². The fourth-order valence-electron chi connectivity index (χ4n) is 2.93. The second-order valence-corrected chi connectivity index (χ2v) is 5.67. The number of rotatable bonds is 2. The molecule has 0 fully saturated rings. The van der Waals surface area contributed by atoms with Crippen molar-refractivity contribution in [2.45, 2.75) is 26.8 Å². The van der Waals surface area contributed by atoms with E-state index < -0.39 is 0 Å². The van der Waals surface area contributed by atoms with E-state index in [1.807, 2.05) is 18.2 Å². The minimum absolute atomic E-state index is 0.776. The summed E-state index contributed by atoms with van der Waals surface area (Å²) in [5.41, 5.74) is 6.93.